The highest BCUT2D eigenvalue weighted by atomic mass is 28.3. The maximum atomic E-state index is 11.5. The van der Waals surface area contributed by atoms with Gasteiger partial charge in [0.25, 0.3) is 0 Å². The van der Waals surface area contributed by atoms with Crippen LogP contribution in [0.2, 0.25) is 13.1 Å². The molecule has 5 heteroatoms. The molecule has 16 heavy (non-hydrogen) atoms. The fourth-order valence-electron chi connectivity index (χ4n) is 1.77. The summed E-state index contributed by atoms with van der Waals surface area (Å²) in [4.78, 5) is 11.5. The van der Waals surface area contributed by atoms with E-state index in [1.54, 1.807) is 0 Å². The van der Waals surface area contributed by atoms with E-state index in [9.17, 15) is 9.90 Å². The van der Waals surface area contributed by atoms with E-state index in [4.69, 9.17) is 10.2 Å². The SMILES string of the molecule is CC(C(C)(C)C)C(CN)(O[SiH](C)C)C(=O)O. The summed E-state index contributed by atoms with van der Waals surface area (Å²) in [7, 11) is -1.46. The average Bonchev–Trinajstić information content (AvgIpc) is 2.10. The fraction of sp³-hybridized carbons (Fsp3) is 0.909. The first kappa shape index (κ1) is 15.6. The van der Waals surface area contributed by atoms with Gasteiger partial charge in [-0.3, -0.25) is 0 Å². The molecule has 0 radical (unpaired) electrons. The largest absolute Gasteiger partial charge is 0.479 e. The predicted molar refractivity (Wildman–Crippen MR) is 68.0 cm³/mol. The summed E-state index contributed by atoms with van der Waals surface area (Å²) in [6.07, 6.45) is 0. The van der Waals surface area contributed by atoms with Crippen molar-refractivity contribution in [1.29, 1.82) is 0 Å². The topological polar surface area (TPSA) is 72.5 Å². The Morgan fingerprint density at radius 2 is 1.88 bits per heavy atom. The third-order valence-corrected chi connectivity index (χ3v) is 4.00. The molecule has 4 nitrogen and oxygen atoms in total. The lowest BCUT2D eigenvalue weighted by Gasteiger charge is -2.42. The molecular weight excluding hydrogens is 222 g/mol. The number of rotatable bonds is 5. The van der Waals surface area contributed by atoms with Crippen molar-refractivity contribution in [3.8, 4) is 0 Å². The van der Waals surface area contributed by atoms with Crippen molar-refractivity contribution in [3.05, 3.63) is 0 Å². The van der Waals surface area contributed by atoms with Crippen LogP contribution in [-0.2, 0) is 9.22 Å². The Morgan fingerprint density at radius 1 is 1.44 bits per heavy atom. The Kier molecular flexibility index (Phi) is 5.16. The van der Waals surface area contributed by atoms with Gasteiger partial charge in [0.2, 0.25) is 0 Å². The van der Waals surface area contributed by atoms with Crippen molar-refractivity contribution in [3.63, 3.8) is 0 Å². The molecule has 0 rings (SSSR count). The predicted octanol–water partition coefficient (Wildman–Crippen LogP) is 1.45. The molecule has 96 valence electrons. The van der Waals surface area contributed by atoms with E-state index in [-0.39, 0.29) is 17.9 Å². The zero-order chi connectivity index (χ0) is 13.1. The Labute approximate surface area is 99.9 Å². The van der Waals surface area contributed by atoms with Crippen molar-refractivity contribution < 1.29 is 14.3 Å². The zero-order valence-corrected chi connectivity index (χ0v) is 12.4. The maximum absolute atomic E-state index is 11.5. The summed E-state index contributed by atoms with van der Waals surface area (Å²) in [5, 5.41) is 9.42. The van der Waals surface area contributed by atoms with Gasteiger partial charge in [-0.15, -0.1) is 0 Å². The second-order valence-electron chi connectivity index (χ2n) is 5.65. The van der Waals surface area contributed by atoms with E-state index >= 15 is 0 Å². The number of carbonyl (C=O) groups is 1. The molecule has 2 unspecified atom stereocenters. The van der Waals surface area contributed by atoms with Crippen LogP contribution in [0.4, 0.5) is 0 Å². The van der Waals surface area contributed by atoms with Crippen LogP contribution >= 0.6 is 0 Å². The molecule has 0 aromatic rings. The van der Waals surface area contributed by atoms with Crippen LogP contribution in [0.5, 0.6) is 0 Å². The number of hydrogen-bond acceptors (Lipinski definition) is 3. The molecule has 2 atom stereocenters. The van der Waals surface area contributed by atoms with Crippen LogP contribution in [0.25, 0.3) is 0 Å². The van der Waals surface area contributed by atoms with Crippen LogP contribution < -0.4 is 5.73 Å². The molecule has 0 fully saturated rings. The van der Waals surface area contributed by atoms with Gasteiger partial charge in [0.15, 0.2) is 14.6 Å². The Balaban J connectivity index is 5.28. The average molecular weight is 247 g/mol. The molecule has 0 spiro atoms. The van der Waals surface area contributed by atoms with Crippen molar-refractivity contribution >= 4 is 15.0 Å². The molecule has 0 aliphatic heterocycles. The highest BCUT2D eigenvalue weighted by molar-refractivity contribution is 6.48. The first-order chi connectivity index (χ1) is 7.08. The van der Waals surface area contributed by atoms with E-state index in [0.717, 1.165) is 0 Å². The fourth-order valence-corrected chi connectivity index (χ4v) is 3.01. The molecule has 3 N–H and O–H groups in total. The number of nitrogens with two attached hydrogens (primary N) is 1. The van der Waals surface area contributed by atoms with Crippen LogP contribution in [0.3, 0.4) is 0 Å². The Hall–Kier alpha value is -0.393. The summed E-state index contributed by atoms with van der Waals surface area (Å²) in [5.41, 5.74) is 4.28. The van der Waals surface area contributed by atoms with Crippen LogP contribution in [0.1, 0.15) is 27.7 Å². The second kappa shape index (κ2) is 5.29. The lowest BCUT2D eigenvalue weighted by molar-refractivity contribution is -0.164. The Morgan fingerprint density at radius 3 is 2.06 bits per heavy atom. The molecule has 0 aliphatic carbocycles. The second-order valence-corrected chi connectivity index (χ2v) is 7.99. The summed E-state index contributed by atoms with van der Waals surface area (Å²) in [6, 6.07) is 0. The molecule has 0 saturated carbocycles. The minimum Gasteiger partial charge on any atom is -0.479 e. The number of hydrogen-bond donors (Lipinski definition) is 2. The lowest BCUT2D eigenvalue weighted by Crippen LogP contribution is -2.58. The lowest BCUT2D eigenvalue weighted by atomic mass is 9.71. The van der Waals surface area contributed by atoms with E-state index < -0.39 is 20.6 Å². The summed E-state index contributed by atoms with van der Waals surface area (Å²) < 4.78 is 5.75. The quantitative estimate of drug-likeness (QED) is 0.721. The number of aliphatic carboxylic acids is 1. The van der Waals surface area contributed by atoms with Gasteiger partial charge >= 0.3 is 5.97 Å². The van der Waals surface area contributed by atoms with Gasteiger partial charge in [0.1, 0.15) is 0 Å². The molecule has 0 aromatic carbocycles. The van der Waals surface area contributed by atoms with Crippen molar-refractivity contribution in [1.82, 2.24) is 0 Å². The monoisotopic (exact) mass is 247 g/mol. The molecule has 0 bridgehead atoms. The minimum atomic E-state index is -1.46. The van der Waals surface area contributed by atoms with Crippen molar-refractivity contribution in [2.45, 2.75) is 46.4 Å². The maximum Gasteiger partial charge on any atom is 0.336 e. The van der Waals surface area contributed by atoms with E-state index in [2.05, 4.69) is 0 Å². The minimum absolute atomic E-state index is 0.0198. The standard InChI is InChI=1S/C11H25NO3Si/c1-8(10(2,3)4)11(7-12,9(13)14)15-16(5)6/h8,16H,7,12H2,1-6H3,(H,13,14). The van der Waals surface area contributed by atoms with Gasteiger partial charge in [0, 0.05) is 12.5 Å². The molecular formula is C11H25NO3Si. The third-order valence-electron chi connectivity index (χ3n) is 3.11. The molecule has 0 heterocycles. The first-order valence-corrected chi connectivity index (χ1v) is 8.47. The van der Waals surface area contributed by atoms with E-state index in [1.165, 1.54) is 0 Å². The van der Waals surface area contributed by atoms with Gasteiger partial charge in [-0.1, -0.05) is 27.7 Å². The van der Waals surface area contributed by atoms with Gasteiger partial charge in [-0.2, -0.15) is 0 Å². The highest BCUT2D eigenvalue weighted by Crippen LogP contribution is 2.37. The normalized spacial score (nSPS) is 18.2. The third kappa shape index (κ3) is 3.30. The van der Waals surface area contributed by atoms with Crippen LogP contribution in [0.15, 0.2) is 0 Å². The summed E-state index contributed by atoms with van der Waals surface area (Å²) >= 11 is 0. The van der Waals surface area contributed by atoms with Crippen LogP contribution in [-0.4, -0.2) is 32.3 Å². The molecule has 0 saturated heterocycles. The number of carboxylic acids is 1. The van der Waals surface area contributed by atoms with Crippen LogP contribution in [0, 0.1) is 11.3 Å². The smallest absolute Gasteiger partial charge is 0.336 e. The highest BCUT2D eigenvalue weighted by Gasteiger charge is 2.48. The van der Waals surface area contributed by atoms with Gasteiger partial charge in [-0.25, -0.2) is 4.79 Å². The van der Waals surface area contributed by atoms with E-state index in [0.29, 0.717) is 0 Å². The van der Waals surface area contributed by atoms with Gasteiger partial charge in [-0.05, 0) is 18.5 Å². The summed E-state index contributed by atoms with van der Waals surface area (Å²) in [5.74, 6) is -1.09. The molecule has 0 aromatic heterocycles. The van der Waals surface area contributed by atoms with Crippen molar-refractivity contribution in [2.24, 2.45) is 17.1 Å². The molecule has 0 amide bonds. The van der Waals surface area contributed by atoms with Gasteiger partial charge < -0.3 is 15.3 Å². The Bertz CT molecular complexity index is 250. The summed E-state index contributed by atoms with van der Waals surface area (Å²) in [6.45, 7) is 11.9. The van der Waals surface area contributed by atoms with Crippen molar-refractivity contribution in [2.75, 3.05) is 6.54 Å². The zero-order valence-electron chi connectivity index (χ0n) is 11.2. The van der Waals surface area contributed by atoms with E-state index in [1.807, 2.05) is 40.8 Å². The van der Waals surface area contributed by atoms with Gasteiger partial charge in [0.05, 0.1) is 0 Å². The first-order valence-electron chi connectivity index (χ1n) is 5.69. The number of carboxylic acid groups (broad SMARTS) is 1. The molecule has 0 aliphatic rings.